The molecule has 0 bridgehead atoms. The Labute approximate surface area is 147 Å². The summed E-state index contributed by atoms with van der Waals surface area (Å²) in [6, 6.07) is 4.42. The molecule has 0 heterocycles. The van der Waals surface area contributed by atoms with Gasteiger partial charge in [-0.2, -0.15) is 0 Å². The SMILES string of the molecule is CCCOc1c(C(C)(C)C)cc(CCCC(=O)O)cc1C(C)(C)C. The molecule has 3 heteroatoms. The van der Waals surface area contributed by atoms with Crippen LogP contribution < -0.4 is 4.74 Å². The van der Waals surface area contributed by atoms with Crippen LogP contribution in [0.5, 0.6) is 5.75 Å². The van der Waals surface area contributed by atoms with Crippen molar-refractivity contribution in [3.8, 4) is 5.75 Å². The van der Waals surface area contributed by atoms with E-state index in [-0.39, 0.29) is 17.3 Å². The van der Waals surface area contributed by atoms with Gasteiger partial charge in [0.2, 0.25) is 0 Å². The van der Waals surface area contributed by atoms with E-state index in [1.54, 1.807) is 0 Å². The summed E-state index contributed by atoms with van der Waals surface area (Å²) in [5, 5.41) is 8.88. The molecular weight excluding hydrogens is 300 g/mol. The zero-order valence-corrected chi connectivity index (χ0v) is 16.5. The van der Waals surface area contributed by atoms with Crippen LogP contribution in [-0.4, -0.2) is 17.7 Å². The van der Waals surface area contributed by atoms with Crippen LogP contribution in [-0.2, 0) is 22.0 Å². The minimum absolute atomic E-state index is 0.0219. The number of hydrogen-bond acceptors (Lipinski definition) is 2. The lowest BCUT2D eigenvalue weighted by atomic mass is 9.78. The summed E-state index contributed by atoms with van der Waals surface area (Å²) in [6.07, 6.45) is 2.64. The van der Waals surface area contributed by atoms with Crippen molar-refractivity contribution in [1.82, 2.24) is 0 Å². The summed E-state index contributed by atoms with van der Waals surface area (Å²) in [7, 11) is 0. The predicted octanol–water partition coefficient (Wildman–Crippen LogP) is 5.48. The predicted molar refractivity (Wildman–Crippen MR) is 100 cm³/mol. The molecule has 0 saturated heterocycles. The first-order valence-corrected chi connectivity index (χ1v) is 8.99. The largest absolute Gasteiger partial charge is 0.493 e. The third-order valence-electron chi connectivity index (χ3n) is 4.07. The number of aliphatic carboxylic acids is 1. The highest BCUT2D eigenvalue weighted by atomic mass is 16.5. The normalized spacial score (nSPS) is 12.3. The average molecular weight is 335 g/mol. The highest BCUT2D eigenvalue weighted by Crippen LogP contribution is 2.41. The van der Waals surface area contributed by atoms with Gasteiger partial charge in [0, 0.05) is 17.5 Å². The van der Waals surface area contributed by atoms with Crippen molar-refractivity contribution in [1.29, 1.82) is 0 Å². The van der Waals surface area contributed by atoms with E-state index >= 15 is 0 Å². The molecule has 0 fully saturated rings. The van der Waals surface area contributed by atoms with Gasteiger partial charge in [-0.25, -0.2) is 0 Å². The summed E-state index contributed by atoms with van der Waals surface area (Å²) in [5.74, 6) is 0.281. The van der Waals surface area contributed by atoms with Crippen molar-refractivity contribution in [3.05, 3.63) is 28.8 Å². The number of carboxylic acids is 1. The first-order valence-electron chi connectivity index (χ1n) is 8.99. The fraction of sp³-hybridized carbons (Fsp3) is 0.667. The van der Waals surface area contributed by atoms with Gasteiger partial charge in [-0.15, -0.1) is 0 Å². The Balaban J connectivity index is 3.37. The summed E-state index contributed by atoms with van der Waals surface area (Å²) >= 11 is 0. The number of benzene rings is 1. The Kier molecular flexibility index (Phi) is 6.88. The van der Waals surface area contributed by atoms with Gasteiger partial charge in [-0.3, -0.25) is 4.79 Å². The van der Waals surface area contributed by atoms with Crippen molar-refractivity contribution >= 4 is 5.97 Å². The molecule has 0 spiro atoms. The number of hydrogen-bond donors (Lipinski definition) is 1. The third kappa shape index (κ3) is 5.85. The fourth-order valence-electron chi connectivity index (χ4n) is 2.75. The van der Waals surface area contributed by atoms with Gasteiger partial charge in [0.05, 0.1) is 6.61 Å². The van der Waals surface area contributed by atoms with E-state index in [0.717, 1.165) is 18.6 Å². The molecule has 1 rings (SSSR count). The smallest absolute Gasteiger partial charge is 0.303 e. The molecule has 24 heavy (non-hydrogen) atoms. The molecule has 0 amide bonds. The van der Waals surface area contributed by atoms with E-state index in [1.807, 2.05) is 0 Å². The third-order valence-corrected chi connectivity index (χ3v) is 4.07. The van der Waals surface area contributed by atoms with Crippen molar-refractivity contribution < 1.29 is 14.6 Å². The maximum Gasteiger partial charge on any atom is 0.303 e. The lowest BCUT2D eigenvalue weighted by molar-refractivity contribution is -0.137. The molecule has 1 N–H and O–H groups in total. The van der Waals surface area contributed by atoms with E-state index in [4.69, 9.17) is 9.84 Å². The molecule has 0 unspecified atom stereocenters. The molecule has 0 atom stereocenters. The van der Waals surface area contributed by atoms with Crippen LogP contribution in [0.25, 0.3) is 0 Å². The average Bonchev–Trinajstić information content (AvgIpc) is 2.42. The summed E-state index contributed by atoms with van der Waals surface area (Å²) in [5.41, 5.74) is 3.59. The standard InChI is InChI=1S/C21H34O3/c1-8-12-24-19-16(20(2,3)4)13-15(10-9-11-18(22)23)14-17(19)21(5,6)7/h13-14H,8-12H2,1-7H3,(H,22,23). The van der Waals surface area contributed by atoms with Crippen LogP contribution in [0.1, 0.15) is 84.4 Å². The number of ether oxygens (including phenoxy) is 1. The molecule has 3 nitrogen and oxygen atoms in total. The highest BCUT2D eigenvalue weighted by Gasteiger charge is 2.27. The lowest BCUT2D eigenvalue weighted by Crippen LogP contribution is -2.20. The topological polar surface area (TPSA) is 46.5 Å². The highest BCUT2D eigenvalue weighted by molar-refractivity contribution is 5.66. The minimum Gasteiger partial charge on any atom is -0.493 e. The van der Waals surface area contributed by atoms with Gasteiger partial charge in [-0.05, 0) is 35.7 Å². The lowest BCUT2D eigenvalue weighted by Gasteiger charge is -2.30. The van der Waals surface area contributed by atoms with Crippen molar-refractivity contribution in [2.75, 3.05) is 6.61 Å². The Bertz CT molecular complexity index is 524. The summed E-state index contributed by atoms with van der Waals surface area (Å²) in [4.78, 5) is 10.8. The summed E-state index contributed by atoms with van der Waals surface area (Å²) < 4.78 is 6.17. The van der Waals surface area contributed by atoms with Gasteiger partial charge < -0.3 is 9.84 Å². The van der Waals surface area contributed by atoms with E-state index in [9.17, 15) is 4.79 Å². The molecule has 0 radical (unpaired) electrons. The van der Waals surface area contributed by atoms with E-state index in [1.165, 1.54) is 16.7 Å². The molecule has 0 saturated carbocycles. The zero-order valence-electron chi connectivity index (χ0n) is 16.5. The molecule has 1 aromatic carbocycles. The number of carboxylic acid groups (broad SMARTS) is 1. The summed E-state index contributed by atoms with van der Waals surface area (Å²) in [6.45, 7) is 16.0. The monoisotopic (exact) mass is 334 g/mol. The Hall–Kier alpha value is -1.51. The van der Waals surface area contributed by atoms with Crippen LogP contribution >= 0.6 is 0 Å². The van der Waals surface area contributed by atoms with Gasteiger partial charge >= 0.3 is 5.97 Å². The number of rotatable bonds is 7. The van der Waals surface area contributed by atoms with Crippen LogP contribution in [0, 0.1) is 0 Å². The maximum atomic E-state index is 10.8. The number of aryl methyl sites for hydroxylation is 1. The molecular formula is C21H34O3. The zero-order chi connectivity index (χ0) is 18.5. The Morgan fingerprint density at radius 3 is 1.92 bits per heavy atom. The van der Waals surface area contributed by atoms with Gasteiger partial charge in [0.25, 0.3) is 0 Å². The van der Waals surface area contributed by atoms with Gasteiger partial charge in [0.15, 0.2) is 0 Å². The van der Waals surface area contributed by atoms with Crippen molar-refractivity contribution in [2.45, 2.75) is 85.0 Å². The molecule has 0 aliphatic heterocycles. The van der Waals surface area contributed by atoms with Crippen LogP contribution in [0.2, 0.25) is 0 Å². The quantitative estimate of drug-likeness (QED) is 0.718. The van der Waals surface area contributed by atoms with Crippen molar-refractivity contribution in [2.24, 2.45) is 0 Å². The van der Waals surface area contributed by atoms with Crippen molar-refractivity contribution in [3.63, 3.8) is 0 Å². The van der Waals surface area contributed by atoms with Crippen LogP contribution in [0.4, 0.5) is 0 Å². The number of carbonyl (C=O) groups is 1. The van der Waals surface area contributed by atoms with Crippen LogP contribution in [0.15, 0.2) is 12.1 Å². The first-order chi connectivity index (χ1) is 11.0. The fourth-order valence-corrected chi connectivity index (χ4v) is 2.75. The second kappa shape index (κ2) is 8.04. The molecule has 0 aromatic heterocycles. The Morgan fingerprint density at radius 1 is 1.04 bits per heavy atom. The van der Waals surface area contributed by atoms with E-state index in [2.05, 4.69) is 60.6 Å². The second-order valence-corrected chi connectivity index (χ2v) is 8.62. The van der Waals surface area contributed by atoms with Gasteiger partial charge in [-0.1, -0.05) is 60.6 Å². The van der Waals surface area contributed by atoms with Crippen LogP contribution in [0.3, 0.4) is 0 Å². The molecule has 136 valence electrons. The second-order valence-electron chi connectivity index (χ2n) is 8.62. The minimum atomic E-state index is -0.731. The van der Waals surface area contributed by atoms with Gasteiger partial charge in [0.1, 0.15) is 5.75 Å². The molecule has 1 aromatic rings. The first kappa shape index (κ1) is 20.5. The maximum absolute atomic E-state index is 10.8. The molecule has 0 aliphatic rings. The van der Waals surface area contributed by atoms with E-state index < -0.39 is 5.97 Å². The molecule has 0 aliphatic carbocycles. The van der Waals surface area contributed by atoms with E-state index in [0.29, 0.717) is 13.0 Å². The Morgan fingerprint density at radius 2 is 1.54 bits per heavy atom.